The molecule has 3 aromatic rings. The van der Waals surface area contributed by atoms with Crippen LogP contribution in [-0.2, 0) is 4.79 Å². The standard InChI is InChI=1S/C22H18N4O3S/c1-12(30-22-25-23-11-26(22)14-7-8-14)21(29)24-13-6-9-17-18(10-13)20(28)16-5-3-2-4-15(16)19(17)27/h2-6,9-12,14H,7-8H2,1H3,(H,24,29). The molecule has 0 spiro atoms. The van der Waals surface area contributed by atoms with Crippen molar-refractivity contribution in [2.24, 2.45) is 0 Å². The fraction of sp³-hybridized carbons (Fsp3) is 0.227. The van der Waals surface area contributed by atoms with E-state index in [-0.39, 0.29) is 17.5 Å². The number of carbonyl (C=O) groups is 3. The highest BCUT2D eigenvalue weighted by Crippen LogP contribution is 2.38. The van der Waals surface area contributed by atoms with Crippen molar-refractivity contribution < 1.29 is 14.4 Å². The summed E-state index contributed by atoms with van der Waals surface area (Å²) in [5.74, 6) is -0.599. The van der Waals surface area contributed by atoms with Crippen LogP contribution in [0.4, 0.5) is 5.69 Å². The minimum Gasteiger partial charge on any atom is -0.325 e. The van der Waals surface area contributed by atoms with Gasteiger partial charge in [-0.25, -0.2) is 0 Å². The summed E-state index contributed by atoms with van der Waals surface area (Å²) in [7, 11) is 0. The average Bonchev–Trinajstić information content (AvgIpc) is 3.50. The highest BCUT2D eigenvalue weighted by molar-refractivity contribution is 8.00. The first-order valence-electron chi connectivity index (χ1n) is 9.72. The molecule has 5 rings (SSSR count). The maximum Gasteiger partial charge on any atom is 0.237 e. The van der Waals surface area contributed by atoms with Gasteiger partial charge in [0, 0.05) is 34.0 Å². The van der Waals surface area contributed by atoms with Crippen molar-refractivity contribution in [3.05, 3.63) is 71.0 Å². The Balaban J connectivity index is 1.34. The Morgan fingerprint density at radius 1 is 1.07 bits per heavy atom. The second-order valence-corrected chi connectivity index (χ2v) is 8.77. The average molecular weight is 418 g/mol. The largest absolute Gasteiger partial charge is 0.325 e. The van der Waals surface area contributed by atoms with Crippen molar-refractivity contribution in [1.82, 2.24) is 14.8 Å². The fourth-order valence-corrected chi connectivity index (χ4v) is 4.45. The first kappa shape index (κ1) is 18.7. The molecule has 1 fully saturated rings. The monoisotopic (exact) mass is 418 g/mol. The lowest BCUT2D eigenvalue weighted by atomic mass is 9.84. The summed E-state index contributed by atoms with van der Waals surface area (Å²) >= 11 is 1.35. The molecule has 0 aliphatic heterocycles. The molecule has 1 heterocycles. The zero-order valence-electron chi connectivity index (χ0n) is 16.2. The highest BCUT2D eigenvalue weighted by Gasteiger charge is 2.30. The van der Waals surface area contributed by atoms with Crippen LogP contribution in [0.3, 0.4) is 0 Å². The van der Waals surface area contributed by atoms with Crippen molar-refractivity contribution >= 4 is 34.9 Å². The zero-order chi connectivity index (χ0) is 20.8. The van der Waals surface area contributed by atoms with Gasteiger partial charge in [0.05, 0.1) is 5.25 Å². The summed E-state index contributed by atoms with van der Waals surface area (Å²) in [6.07, 6.45) is 3.92. The molecule has 2 aliphatic rings. The van der Waals surface area contributed by atoms with Crippen LogP contribution in [0, 0.1) is 0 Å². The number of aromatic nitrogens is 3. The number of carbonyl (C=O) groups excluding carboxylic acids is 3. The minimum atomic E-state index is -0.402. The number of thioether (sulfide) groups is 1. The molecule has 7 nitrogen and oxygen atoms in total. The second-order valence-electron chi connectivity index (χ2n) is 7.47. The number of hydrogen-bond acceptors (Lipinski definition) is 6. The van der Waals surface area contributed by atoms with Crippen LogP contribution in [0.1, 0.15) is 57.7 Å². The van der Waals surface area contributed by atoms with Crippen LogP contribution in [0.15, 0.2) is 53.9 Å². The smallest absolute Gasteiger partial charge is 0.237 e. The van der Waals surface area contributed by atoms with Gasteiger partial charge in [0.15, 0.2) is 16.7 Å². The van der Waals surface area contributed by atoms with Gasteiger partial charge in [0.1, 0.15) is 6.33 Å². The molecule has 1 atom stereocenters. The van der Waals surface area contributed by atoms with Crippen LogP contribution >= 0.6 is 11.8 Å². The molecule has 1 aromatic heterocycles. The molecule has 30 heavy (non-hydrogen) atoms. The van der Waals surface area contributed by atoms with Crippen LogP contribution in [-0.4, -0.2) is 37.5 Å². The van der Waals surface area contributed by atoms with E-state index in [0.29, 0.717) is 34.0 Å². The first-order chi connectivity index (χ1) is 14.5. The summed E-state index contributed by atoms with van der Waals surface area (Å²) in [5, 5.41) is 11.2. The molecule has 1 unspecified atom stereocenters. The molecule has 2 aliphatic carbocycles. The quantitative estimate of drug-likeness (QED) is 0.499. The summed E-state index contributed by atoms with van der Waals surface area (Å²) in [5.41, 5.74) is 1.95. The number of hydrogen-bond donors (Lipinski definition) is 1. The van der Waals surface area contributed by atoms with Gasteiger partial charge < -0.3 is 9.88 Å². The first-order valence-corrected chi connectivity index (χ1v) is 10.6. The van der Waals surface area contributed by atoms with Gasteiger partial charge in [0.2, 0.25) is 5.91 Å². The summed E-state index contributed by atoms with van der Waals surface area (Å²) in [6.45, 7) is 1.80. The van der Waals surface area contributed by atoms with Crippen molar-refractivity contribution in [3.63, 3.8) is 0 Å². The number of anilines is 1. The third-order valence-electron chi connectivity index (χ3n) is 5.32. The lowest BCUT2D eigenvalue weighted by molar-refractivity contribution is -0.115. The maximum absolute atomic E-state index is 12.9. The van der Waals surface area contributed by atoms with E-state index in [2.05, 4.69) is 15.5 Å². The van der Waals surface area contributed by atoms with E-state index in [1.165, 1.54) is 11.8 Å². The Labute approximate surface area is 176 Å². The summed E-state index contributed by atoms with van der Waals surface area (Å²) in [6, 6.07) is 12.1. The normalized spacial score (nSPS) is 16.0. The van der Waals surface area contributed by atoms with E-state index in [4.69, 9.17) is 0 Å². The summed E-state index contributed by atoms with van der Waals surface area (Å²) in [4.78, 5) is 38.3. The molecule has 0 radical (unpaired) electrons. The molecular weight excluding hydrogens is 400 g/mol. The van der Waals surface area contributed by atoms with Gasteiger partial charge >= 0.3 is 0 Å². The number of nitrogens with zero attached hydrogens (tertiary/aromatic N) is 3. The zero-order valence-corrected chi connectivity index (χ0v) is 17.0. The lowest BCUT2D eigenvalue weighted by Gasteiger charge is -2.18. The minimum absolute atomic E-state index is 0.179. The van der Waals surface area contributed by atoms with Crippen molar-refractivity contribution in [2.45, 2.75) is 36.2 Å². The number of benzene rings is 2. The van der Waals surface area contributed by atoms with Gasteiger partial charge in [0.25, 0.3) is 0 Å². The maximum atomic E-state index is 12.9. The molecule has 150 valence electrons. The van der Waals surface area contributed by atoms with E-state index in [9.17, 15) is 14.4 Å². The van der Waals surface area contributed by atoms with E-state index in [1.807, 2.05) is 4.57 Å². The van der Waals surface area contributed by atoms with Crippen LogP contribution in [0.5, 0.6) is 0 Å². The van der Waals surface area contributed by atoms with E-state index < -0.39 is 5.25 Å². The van der Waals surface area contributed by atoms with Gasteiger partial charge in [-0.1, -0.05) is 36.0 Å². The lowest BCUT2D eigenvalue weighted by Crippen LogP contribution is -2.24. The van der Waals surface area contributed by atoms with Crippen molar-refractivity contribution in [2.75, 3.05) is 5.32 Å². The molecule has 0 saturated heterocycles. The van der Waals surface area contributed by atoms with Crippen molar-refractivity contribution in [1.29, 1.82) is 0 Å². The van der Waals surface area contributed by atoms with Gasteiger partial charge in [-0.3, -0.25) is 14.4 Å². The molecule has 1 N–H and O–H groups in total. The number of ketones is 2. The van der Waals surface area contributed by atoms with Crippen LogP contribution < -0.4 is 5.32 Å². The van der Waals surface area contributed by atoms with Gasteiger partial charge in [-0.05, 0) is 38.0 Å². The number of amides is 1. The topological polar surface area (TPSA) is 93.9 Å². The van der Waals surface area contributed by atoms with E-state index in [1.54, 1.807) is 55.7 Å². The Hall–Kier alpha value is -3.26. The Bertz CT molecular complexity index is 1200. The van der Waals surface area contributed by atoms with Crippen LogP contribution in [0.25, 0.3) is 0 Å². The van der Waals surface area contributed by atoms with Gasteiger partial charge in [-0.15, -0.1) is 10.2 Å². The molecule has 8 heteroatoms. The van der Waals surface area contributed by atoms with Crippen LogP contribution in [0.2, 0.25) is 0 Å². The van der Waals surface area contributed by atoms with E-state index in [0.717, 1.165) is 18.0 Å². The predicted molar refractivity (Wildman–Crippen MR) is 112 cm³/mol. The Kier molecular flexibility index (Phi) is 4.51. The highest BCUT2D eigenvalue weighted by atomic mass is 32.2. The molecular formula is C22H18N4O3S. The van der Waals surface area contributed by atoms with E-state index >= 15 is 0 Å². The molecule has 0 bridgehead atoms. The molecule has 1 saturated carbocycles. The predicted octanol–water partition coefficient (Wildman–Crippen LogP) is 3.51. The van der Waals surface area contributed by atoms with Gasteiger partial charge in [-0.2, -0.15) is 0 Å². The Morgan fingerprint density at radius 2 is 1.73 bits per heavy atom. The number of nitrogens with one attached hydrogen (secondary N) is 1. The fourth-order valence-electron chi connectivity index (χ4n) is 3.55. The third-order valence-corrected chi connectivity index (χ3v) is 6.40. The Morgan fingerprint density at radius 3 is 2.43 bits per heavy atom. The third kappa shape index (κ3) is 3.23. The number of fused-ring (bicyclic) bond motifs is 2. The second kappa shape index (κ2) is 7.21. The SMILES string of the molecule is CC(Sc1nncn1C1CC1)C(=O)Nc1ccc2c(c1)C(=O)c1ccccc1C2=O. The molecule has 2 aromatic carbocycles. The molecule has 1 amide bonds. The number of rotatable bonds is 5. The van der Waals surface area contributed by atoms with Crippen molar-refractivity contribution in [3.8, 4) is 0 Å². The summed E-state index contributed by atoms with van der Waals surface area (Å²) < 4.78 is 2.01.